The molecule has 6 nitrogen and oxygen atoms in total. The third-order valence-corrected chi connectivity index (χ3v) is 4.39. The van der Waals surface area contributed by atoms with Gasteiger partial charge in [-0.25, -0.2) is 9.97 Å². The molecule has 1 saturated heterocycles. The fourth-order valence-electron chi connectivity index (χ4n) is 3.15. The zero-order valence-electron chi connectivity index (χ0n) is 14.0. The zero-order chi connectivity index (χ0) is 17.2. The van der Waals surface area contributed by atoms with Crippen LogP contribution in [0.15, 0.2) is 53.1 Å². The molecule has 25 heavy (non-hydrogen) atoms. The molecule has 1 aromatic carbocycles. The van der Waals surface area contributed by atoms with Gasteiger partial charge in [-0.3, -0.25) is 0 Å². The number of benzene rings is 1. The summed E-state index contributed by atoms with van der Waals surface area (Å²) in [4.78, 5) is 11.4. The number of piperazine rings is 1. The molecule has 1 unspecified atom stereocenters. The first-order valence-electron chi connectivity index (χ1n) is 8.36. The van der Waals surface area contributed by atoms with Crippen molar-refractivity contribution in [1.82, 2.24) is 15.3 Å². The van der Waals surface area contributed by atoms with Crippen LogP contribution in [0.4, 0.5) is 5.82 Å². The highest BCUT2D eigenvalue weighted by Gasteiger charge is 2.22. The lowest BCUT2D eigenvalue weighted by Crippen LogP contribution is -2.46. The van der Waals surface area contributed by atoms with Crippen LogP contribution in [0.25, 0.3) is 11.5 Å². The molecule has 0 aliphatic carbocycles. The van der Waals surface area contributed by atoms with Crippen LogP contribution in [0.3, 0.4) is 0 Å². The summed E-state index contributed by atoms with van der Waals surface area (Å²) in [6, 6.07) is 13.3. The molecule has 3 aromatic rings. The monoisotopic (exact) mass is 336 g/mol. The summed E-state index contributed by atoms with van der Waals surface area (Å²) < 4.78 is 5.47. The van der Waals surface area contributed by atoms with Gasteiger partial charge in [0.15, 0.2) is 5.76 Å². The highest BCUT2D eigenvalue weighted by atomic mass is 16.3. The second-order valence-electron chi connectivity index (χ2n) is 6.18. The number of nitrogens with zero attached hydrogens (tertiary/aromatic N) is 3. The molecular weight excluding hydrogens is 316 g/mol. The average Bonchev–Trinajstić information content (AvgIpc) is 3.17. The number of furan rings is 1. The quantitative estimate of drug-likeness (QED) is 0.766. The Morgan fingerprint density at radius 2 is 2.04 bits per heavy atom. The van der Waals surface area contributed by atoms with E-state index in [1.807, 2.05) is 37.3 Å². The number of aromatic nitrogens is 2. The van der Waals surface area contributed by atoms with E-state index in [1.165, 1.54) is 0 Å². The number of aryl methyl sites for hydroxylation is 1. The summed E-state index contributed by atoms with van der Waals surface area (Å²) >= 11 is 0. The molecular formula is C19H20N4O2. The number of hydrogen-bond acceptors (Lipinski definition) is 6. The molecule has 1 fully saturated rings. The van der Waals surface area contributed by atoms with Crippen LogP contribution in [-0.2, 0) is 0 Å². The van der Waals surface area contributed by atoms with E-state index in [1.54, 1.807) is 18.4 Å². The van der Waals surface area contributed by atoms with Gasteiger partial charge in [0, 0.05) is 31.7 Å². The topological polar surface area (TPSA) is 74.4 Å². The maximum atomic E-state index is 9.48. The summed E-state index contributed by atoms with van der Waals surface area (Å²) in [5.41, 5.74) is 1.95. The Morgan fingerprint density at radius 1 is 1.20 bits per heavy atom. The standard InChI is InChI=1S/C19H20N4O2/c1-13-21-16(18-3-2-10-25-18)11-19(22-13)23-9-8-20-17(12-23)14-4-6-15(24)7-5-14/h2-7,10-11,17,20,24H,8-9,12H2,1H3. The Kier molecular flexibility index (Phi) is 4.11. The number of nitrogens with one attached hydrogen (secondary N) is 1. The van der Waals surface area contributed by atoms with Crippen molar-refractivity contribution < 1.29 is 9.52 Å². The summed E-state index contributed by atoms with van der Waals surface area (Å²) in [5, 5.41) is 13.0. The summed E-state index contributed by atoms with van der Waals surface area (Å²) in [7, 11) is 0. The fourth-order valence-corrected chi connectivity index (χ4v) is 3.15. The van der Waals surface area contributed by atoms with Crippen molar-refractivity contribution in [3.05, 3.63) is 60.1 Å². The zero-order valence-corrected chi connectivity index (χ0v) is 14.0. The molecule has 2 N–H and O–H groups in total. The molecule has 4 rings (SSSR count). The van der Waals surface area contributed by atoms with Crippen LogP contribution < -0.4 is 10.2 Å². The molecule has 3 heterocycles. The van der Waals surface area contributed by atoms with Gasteiger partial charge in [-0.15, -0.1) is 0 Å². The first-order valence-corrected chi connectivity index (χ1v) is 8.36. The summed E-state index contributed by atoms with van der Waals surface area (Å²) in [6.45, 7) is 4.45. The van der Waals surface area contributed by atoms with Crippen molar-refractivity contribution in [2.45, 2.75) is 13.0 Å². The smallest absolute Gasteiger partial charge is 0.152 e. The van der Waals surface area contributed by atoms with E-state index in [-0.39, 0.29) is 11.8 Å². The Labute approximate surface area is 146 Å². The van der Waals surface area contributed by atoms with Gasteiger partial charge in [0.2, 0.25) is 0 Å². The molecule has 0 bridgehead atoms. The highest BCUT2D eigenvalue weighted by molar-refractivity contribution is 5.58. The lowest BCUT2D eigenvalue weighted by molar-refractivity contribution is 0.463. The number of aromatic hydroxyl groups is 1. The van der Waals surface area contributed by atoms with E-state index < -0.39 is 0 Å². The van der Waals surface area contributed by atoms with Crippen molar-refractivity contribution in [2.24, 2.45) is 0 Å². The van der Waals surface area contributed by atoms with E-state index in [0.29, 0.717) is 0 Å². The second-order valence-corrected chi connectivity index (χ2v) is 6.18. The van der Waals surface area contributed by atoms with Gasteiger partial charge in [-0.2, -0.15) is 0 Å². The third kappa shape index (κ3) is 3.34. The van der Waals surface area contributed by atoms with Crippen LogP contribution in [0.1, 0.15) is 17.4 Å². The molecule has 0 spiro atoms. The maximum Gasteiger partial charge on any atom is 0.152 e. The average molecular weight is 336 g/mol. The predicted octanol–water partition coefficient (Wildman–Crippen LogP) is 2.90. The molecule has 0 amide bonds. The minimum absolute atomic E-state index is 0.191. The van der Waals surface area contributed by atoms with Crippen LogP contribution in [0.2, 0.25) is 0 Å². The maximum absolute atomic E-state index is 9.48. The number of phenols is 1. The van der Waals surface area contributed by atoms with Crippen LogP contribution in [0.5, 0.6) is 5.75 Å². The van der Waals surface area contributed by atoms with Crippen LogP contribution >= 0.6 is 0 Å². The molecule has 2 aromatic heterocycles. The van der Waals surface area contributed by atoms with Crippen LogP contribution in [-0.4, -0.2) is 34.7 Å². The summed E-state index contributed by atoms with van der Waals surface area (Å²) in [6.07, 6.45) is 1.65. The number of hydrogen-bond donors (Lipinski definition) is 2. The van der Waals surface area contributed by atoms with Crippen molar-refractivity contribution in [3.63, 3.8) is 0 Å². The van der Waals surface area contributed by atoms with E-state index in [2.05, 4.69) is 20.2 Å². The number of anilines is 1. The largest absolute Gasteiger partial charge is 0.508 e. The van der Waals surface area contributed by atoms with E-state index >= 15 is 0 Å². The van der Waals surface area contributed by atoms with E-state index in [0.717, 1.165) is 48.3 Å². The lowest BCUT2D eigenvalue weighted by Gasteiger charge is -2.35. The van der Waals surface area contributed by atoms with E-state index in [9.17, 15) is 5.11 Å². The molecule has 0 radical (unpaired) electrons. The Hall–Kier alpha value is -2.86. The van der Waals surface area contributed by atoms with Gasteiger partial charge in [0.05, 0.1) is 6.26 Å². The molecule has 128 valence electrons. The van der Waals surface area contributed by atoms with Gasteiger partial charge < -0.3 is 19.7 Å². The fraction of sp³-hybridized carbons (Fsp3) is 0.263. The minimum atomic E-state index is 0.191. The van der Waals surface area contributed by atoms with Gasteiger partial charge in [0.25, 0.3) is 0 Å². The Balaban J connectivity index is 1.60. The van der Waals surface area contributed by atoms with Crippen molar-refractivity contribution >= 4 is 5.82 Å². The number of phenolic OH excluding ortho intramolecular Hbond substituents is 1. The van der Waals surface area contributed by atoms with Crippen molar-refractivity contribution in [3.8, 4) is 17.2 Å². The van der Waals surface area contributed by atoms with Gasteiger partial charge in [-0.05, 0) is 36.8 Å². The van der Waals surface area contributed by atoms with Crippen molar-refractivity contribution in [1.29, 1.82) is 0 Å². The Bertz CT molecular complexity index is 846. The van der Waals surface area contributed by atoms with Gasteiger partial charge >= 0.3 is 0 Å². The van der Waals surface area contributed by atoms with Gasteiger partial charge in [0.1, 0.15) is 23.1 Å². The van der Waals surface area contributed by atoms with Gasteiger partial charge in [-0.1, -0.05) is 12.1 Å². The number of rotatable bonds is 3. The summed E-state index contributed by atoms with van der Waals surface area (Å²) in [5.74, 6) is 2.66. The minimum Gasteiger partial charge on any atom is -0.508 e. The lowest BCUT2D eigenvalue weighted by atomic mass is 10.0. The second kappa shape index (κ2) is 6.57. The Morgan fingerprint density at radius 3 is 2.80 bits per heavy atom. The highest BCUT2D eigenvalue weighted by Crippen LogP contribution is 2.26. The SMILES string of the molecule is Cc1nc(-c2ccco2)cc(N2CCNC(c3ccc(O)cc3)C2)n1. The predicted molar refractivity (Wildman–Crippen MR) is 95.5 cm³/mol. The third-order valence-electron chi connectivity index (χ3n) is 4.39. The van der Waals surface area contributed by atoms with E-state index in [4.69, 9.17) is 4.42 Å². The molecule has 1 aliphatic heterocycles. The van der Waals surface area contributed by atoms with Crippen molar-refractivity contribution in [2.75, 3.05) is 24.5 Å². The normalized spacial score (nSPS) is 17.6. The van der Waals surface area contributed by atoms with Crippen LogP contribution in [0, 0.1) is 6.92 Å². The molecule has 1 aliphatic rings. The first-order chi connectivity index (χ1) is 12.2. The first kappa shape index (κ1) is 15.7. The molecule has 0 saturated carbocycles. The molecule has 6 heteroatoms. The molecule has 1 atom stereocenters.